The molecule has 0 aromatic carbocycles. The topological polar surface area (TPSA) is 76.8 Å². The molecule has 0 fully saturated rings. The minimum atomic E-state index is -0.489. The Labute approximate surface area is 144 Å². The van der Waals surface area contributed by atoms with E-state index in [9.17, 15) is 9.59 Å². The molecule has 7 nitrogen and oxygen atoms in total. The third-order valence-electron chi connectivity index (χ3n) is 3.65. The summed E-state index contributed by atoms with van der Waals surface area (Å²) >= 11 is 0. The summed E-state index contributed by atoms with van der Waals surface area (Å²) in [6, 6.07) is 8.23. The second-order valence-electron chi connectivity index (χ2n) is 5.89. The van der Waals surface area contributed by atoms with Gasteiger partial charge in [-0.3, -0.25) is 9.20 Å². The van der Waals surface area contributed by atoms with Crippen molar-refractivity contribution in [2.75, 3.05) is 19.0 Å². The maximum atomic E-state index is 12.2. The van der Waals surface area contributed by atoms with Crippen molar-refractivity contribution in [3.05, 3.63) is 69.9 Å². The number of hydrogen-bond acceptors (Lipinski definition) is 6. The van der Waals surface area contributed by atoms with Crippen molar-refractivity contribution < 1.29 is 9.53 Å². The molecule has 0 aliphatic heterocycles. The van der Waals surface area contributed by atoms with Crippen LogP contribution in [0, 0.1) is 6.92 Å². The molecule has 0 N–H and O–H groups in total. The van der Waals surface area contributed by atoms with Crippen LogP contribution in [0.15, 0.2) is 47.5 Å². The molecule has 0 radical (unpaired) electrons. The Hall–Kier alpha value is -3.22. The second-order valence-corrected chi connectivity index (χ2v) is 5.89. The molecule has 3 heterocycles. The third kappa shape index (κ3) is 3.65. The highest BCUT2D eigenvalue weighted by atomic mass is 16.5. The number of hydrogen-bond donors (Lipinski definition) is 0. The Morgan fingerprint density at radius 1 is 1.24 bits per heavy atom. The summed E-state index contributed by atoms with van der Waals surface area (Å²) in [4.78, 5) is 34.7. The number of rotatable bonds is 4. The maximum Gasteiger partial charge on any atom is 0.338 e. The van der Waals surface area contributed by atoms with Gasteiger partial charge in [0.1, 0.15) is 18.1 Å². The quantitative estimate of drug-likeness (QED) is 0.676. The van der Waals surface area contributed by atoms with E-state index in [0.717, 1.165) is 5.56 Å². The van der Waals surface area contributed by atoms with Crippen molar-refractivity contribution in [1.82, 2.24) is 14.4 Å². The summed E-state index contributed by atoms with van der Waals surface area (Å²) in [6.07, 6.45) is 3.27. The number of aryl methyl sites for hydroxylation is 1. The first-order chi connectivity index (χ1) is 11.9. The number of carbonyl (C=O) groups excluding carboxylic acids is 1. The van der Waals surface area contributed by atoms with Crippen molar-refractivity contribution in [2.24, 2.45) is 0 Å². The fourth-order valence-corrected chi connectivity index (χ4v) is 2.34. The van der Waals surface area contributed by atoms with Gasteiger partial charge >= 0.3 is 5.97 Å². The van der Waals surface area contributed by atoms with E-state index in [0.29, 0.717) is 22.7 Å². The smallest absolute Gasteiger partial charge is 0.338 e. The highest BCUT2D eigenvalue weighted by Gasteiger charge is 2.11. The molecule has 7 heteroatoms. The Morgan fingerprint density at radius 3 is 2.80 bits per heavy atom. The first kappa shape index (κ1) is 16.6. The number of ether oxygens (including phenoxy) is 1. The predicted octanol–water partition coefficient (Wildman–Crippen LogP) is 1.82. The zero-order valence-electron chi connectivity index (χ0n) is 14.3. The number of esters is 1. The SMILES string of the molecule is Cc1ccc2nc(COC(=O)c3ccnc(N(C)C)c3)cc(=O)n2c1. The van der Waals surface area contributed by atoms with E-state index >= 15 is 0 Å². The van der Waals surface area contributed by atoms with Crippen molar-refractivity contribution >= 4 is 17.4 Å². The number of nitrogens with zero attached hydrogens (tertiary/aromatic N) is 4. The molecule has 0 amide bonds. The summed E-state index contributed by atoms with van der Waals surface area (Å²) in [7, 11) is 3.68. The van der Waals surface area contributed by atoms with Crippen molar-refractivity contribution in [3.63, 3.8) is 0 Å². The van der Waals surface area contributed by atoms with Crippen LogP contribution in [0.25, 0.3) is 5.65 Å². The largest absolute Gasteiger partial charge is 0.456 e. The van der Waals surface area contributed by atoms with Crippen molar-refractivity contribution in [3.8, 4) is 0 Å². The lowest BCUT2D eigenvalue weighted by molar-refractivity contribution is 0.0467. The molecule has 128 valence electrons. The molecule has 3 rings (SSSR count). The van der Waals surface area contributed by atoms with Crippen LogP contribution in [0.2, 0.25) is 0 Å². The average Bonchev–Trinajstić information content (AvgIpc) is 2.60. The van der Waals surface area contributed by atoms with Crippen LogP contribution in [0.5, 0.6) is 0 Å². The number of pyridine rings is 2. The molecule has 0 spiro atoms. The van der Waals surface area contributed by atoms with Gasteiger partial charge in [0.15, 0.2) is 0 Å². The van der Waals surface area contributed by atoms with Crippen LogP contribution in [0.3, 0.4) is 0 Å². The molecular formula is C18H18N4O3. The average molecular weight is 338 g/mol. The van der Waals surface area contributed by atoms with Crippen LogP contribution in [-0.2, 0) is 11.3 Å². The predicted molar refractivity (Wildman–Crippen MR) is 93.9 cm³/mol. The molecule has 0 aliphatic carbocycles. The fraction of sp³-hybridized carbons (Fsp3) is 0.222. The number of fused-ring (bicyclic) bond motifs is 1. The lowest BCUT2D eigenvalue weighted by atomic mass is 10.2. The van der Waals surface area contributed by atoms with Gasteiger partial charge < -0.3 is 9.64 Å². The highest BCUT2D eigenvalue weighted by Crippen LogP contribution is 2.11. The number of aromatic nitrogens is 3. The zero-order chi connectivity index (χ0) is 18.0. The van der Waals surface area contributed by atoms with Gasteiger partial charge in [0.05, 0.1) is 11.3 Å². The van der Waals surface area contributed by atoms with E-state index in [1.807, 2.05) is 27.1 Å². The van der Waals surface area contributed by atoms with Crippen LogP contribution in [0.1, 0.15) is 21.6 Å². The summed E-state index contributed by atoms with van der Waals surface area (Å²) < 4.78 is 6.75. The van der Waals surface area contributed by atoms with Gasteiger partial charge in [-0.25, -0.2) is 14.8 Å². The standard InChI is InChI=1S/C18H18N4O3/c1-12-4-5-15-20-14(9-17(23)22(15)10-12)11-25-18(24)13-6-7-19-16(8-13)21(2)3/h4-10H,11H2,1-3H3. The van der Waals surface area contributed by atoms with Gasteiger partial charge in [-0.05, 0) is 30.7 Å². The molecule has 0 unspecified atom stereocenters. The van der Waals surface area contributed by atoms with Crippen molar-refractivity contribution in [1.29, 1.82) is 0 Å². The van der Waals surface area contributed by atoms with E-state index in [4.69, 9.17) is 4.74 Å². The lowest BCUT2D eigenvalue weighted by Gasteiger charge is -2.12. The van der Waals surface area contributed by atoms with E-state index in [2.05, 4.69) is 9.97 Å². The van der Waals surface area contributed by atoms with Crippen LogP contribution in [0.4, 0.5) is 5.82 Å². The number of anilines is 1. The van der Waals surface area contributed by atoms with Gasteiger partial charge in [0.2, 0.25) is 0 Å². The highest BCUT2D eigenvalue weighted by molar-refractivity contribution is 5.90. The van der Waals surface area contributed by atoms with E-state index in [-0.39, 0.29) is 12.2 Å². The first-order valence-electron chi connectivity index (χ1n) is 7.73. The summed E-state index contributed by atoms with van der Waals surface area (Å²) in [6.45, 7) is 1.83. The van der Waals surface area contributed by atoms with Gasteiger partial charge in [0, 0.05) is 32.6 Å². The Kier molecular flexibility index (Phi) is 4.47. The summed E-state index contributed by atoms with van der Waals surface area (Å²) in [5.74, 6) is 0.170. The molecule has 3 aromatic heterocycles. The minimum Gasteiger partial charge on any atom is -0.456 e. The van der Waals surface area contributed by atoms with Gasteiger partial charge in [-0.2, -0.15) is 0 Å². The Morgan fingerprint density at radius 2 is 2.04 bits per heavy atom. The molecule has 3 aromatic rings. The summed E-state index contributed by atoms with van der Waals surface area (Å²) in [5.41, 5.74) is 2.07. The van der Waals surface area contributed by atoms with Gasteiger partial charge in [-0.15, -0.1) is 0 Å². The van der Waals surface area contributed by atoms with E-state index in [1.54, 1.807) is 35.5 Å². The van der Waals surface area contributed by atoms with Gasteiger partial charge in [0.25, 0.3) is 5.56 Å². The normalized spacial score (nSPS) is 10.7. The van der Waals surface area contributed by atoms with Crippen LogP contribution < -0.4 is 10.5 Å². The molecular weight excluding hydrogens is 320 g/mol. The molecule has 0 saturated heterocycles. The third-order valence-corrected chi connectivity index (χ3v) is 3.65. The Balaban J connectivity index is 1.78. The fourth-order valence-electron chi connectivity index (χ4n) is 2.34. The van der Waals surface area contributed by atoms with Gasteiger partial charge in [-0.1, -0.05) is 6.07 Å². The zero-order valence-corrected chi connectivity index (χ0v) is 14.3. The molecule has 0 bridgehead atoms. The second kappa shape index (κ2) is 6.72. The van der Waals surface area contributed by atoms with Crippen LogP contribution in [-0.4, -0.2) is 34.4 Å². The van der Waals surface area contributed by atoms with E-state index < -0.39 is 5.97 Å². The Bertz CT molecular complexity index is 995. The molecule has 25 heavy (non-hydrogen) atoms. The van der Waals surface area contributed by atoms with E-state index in [1.165, 1.54) is 10.5 Å². The minimum absolute atomic E-state index is 0.0714. The maximum absolute atomic E-state index is 12.2. The summed E-state index contributed by atoms with van der Waals surface area (Å²) in [5, 5.41) is 0. The van der Waals surface area contributed by atoms with Crippen molar-refractivity contribution in [2.45, 2.75) is 13.5 Å². The molecule has 0 atom stereocenters. The monoisotopic (exact) mass is 338 g/mol. The first-order valence-corrected chi connectivity index (χ1v) is 7.73. The molecule has 0 saturated carbocycles. The molecule has 0 aliphatic rings. The van der Waals surface area contributed by atoms with Crippen LogP contribution >= 0.6 is 0 Å². The lowest BCUT2D eigenvalue weighted by Crippen LogP contribution is -2.17. The number of carbonyl (C=O) groups is 1.